The predicted octanol–water partition coefficient (Wildman–Crippen LogP) is 0.324. The van der Waals surface area contributed by atoms with Crippen molar-refractivity contribution < 1.29 is 26.5 Å². The number of nitro benzene ring substituents is 1. The van der Waals surface area contributed by atoms with Crippen LogP contribution in [0.2, 0.25) is 0 Å². The Labute approximate surface area is 188 Å². The molecule has 0 unspecified atom stereocenters. The average Bonchev–Trinajstić information content (AvgIpc) is 2.80. The van der Waals surface area contributed by atoms with Crippen molar-refractivity contribution in [2.45, 2.75) is 18.7 Å². The molecular weight excluding hydrogens is 462 g/mol. The van der Waals surface area contributed by atoms with Gasteiger partial charge in [0.1, 0.15) is 5.69 Å². The van der Waals surface area contributed by atoms with Crippen LogP contribution in [-0.2, 0) is 25.0 Å². The van der Waals surface area contributed by atoms with Crippen molar-refractivity contribution in [3.63, 3.8) is 0 Å². The van der Waals surface area contributed by atoms with E-state index in [0.717, 1.165) is 6.07 Å². The summed E-state index contributed by atoms with van der Waals surface area (Å²) < 4.78 is 60.4. The molecule has 1 aromatic rings. The van der Waals surface area contributed by atoms with E-state index in [-0.39, 0.29) is 68.8 Å². The Balaban J connectivity index is 1.81. The van der Waals surface area contributed by atoms with E-state index in [0.29, 0.717) is 13.1 Å². The first-order valence-electron chi connectivity index (χ1n) is 10.5. The molecule has 0 spiro atoms. The van der Waals surface area contributed by atoms with Crippen molar-refractivity contribution in [3.05, 3.63) is 28.3 Å². The van der Waals surface area contributed by atoms with Gasteiger partial charge in [0.05, 0.1) is 23.0 Å². The molecule has 12 nitrogen and oxygen atoms in total. The number of sulfonamides is 1. The molecule has 32 heavy (non-hydrogen) atoms. The van der Waals surface area contributed by atoms with E-state index in [9.17, 15) is 26.9 Å². The molecule has 2 aliphatic heterocycles. The monoisotopic (exact) mass is 491 g/mol. The van der Waals surface area contributed by atoms with Gasteiger partial charge in [-0.25, -0.2) is 8.42 Å². The fourth-order valence-electron chi connectivity index (χ4n) is 3.89. The Morgan fingerprint density at radius 1 is 0.969 bits per heavy atom. The standard InChI is InChI=1S/C18H29N5O7S2/c1-3-20(4-2)32(28,29)22-9-7-19(8-10-22)17-6-5-16(15-18(17)23(24)25)31(26,27)21-11-13-30-14-12-21/h5-6,15H,3-4,7-14H2,1-2H3. The highest BCUT2D eigenvalue weighted by atomic mass is 32.2. The maximum absolute atomic E-state index is 12.9. The summed E-state index contributed by atoms with van der Waals surface area (Å²) in [6.45, 7) is 6.11. The lowest BCUT2D eigenvalue weighted by Crippen LogP contribution is -2.53. The lowest BCUT2D eigenvalue weighted by Gasteiger charge is -2.37. The van der Waals surface area contributed by atoms with Gasteiger partial charge in [0.25, 0.3) is 15.9 Å². The highest BCUT2D eigenvalue weighted by molar-refractivity contribution is 7.89. The largest absolute Gasteiger partial charge is 0.379 e. The minimum atomic E-state index is -3.87. The van der Waals surface area contributed by atoms with Crippen molar-refractivity contribution in [2.24, 2.45) is 0 Å². The number of benzene rings is 1. The number of morpholine rings is 1. The molecule has 2 saturated heterocycles. The first kappa shape index (κ1) is 24.8. The van der Waals surface area contributed by atoms with Crippen LogP contribution in [0, 0.1) is 10.1 Å². The molecule has 0 aromatic heterocycles. The van der Waals surface area contributed by atoms with Gasteiger partial charge in [-0.1, -0.05) is 13.8 Å². The molecule has 0 amide bonds. The summed E-state index contributed by atoms with van der Waals surface area (Å²) in [7, 11) is -7.46. The second kappa shape index (κ2) is 9.97. The number of ether oxygens (including phenoxy) is 1. The third kappa shape index (κ3) is 4.89. The summed E-state index contributed by atoms with van der Waals surface area (Å²) in [6.07, 6.45) is 0. The Kier molecular flexibility index (Phi) is 7.73. The number of nitro groups is 1. The molecular formula is C18H29N5O7S2. The quantitative estimate of drug-likeness (QED) is 0.375. The van der Waals surface area contributed by atoms with E-state index in [1.807, 2.05) is 0 Å². The second-order valence-electron chi connectivity index (χ2n) is 7.40. The Morgan fingerprint density at radius 3 is 2.09 bits per heavy atom. The first-order chi connectivity index (χ1) is 15.1. The van der Waals surface area contributed by atoms with E-state index in [2.05, 4.69) is 0 Å². The van der Waals surface area contributed by atoms with Crippen molar-refractivity contribution in [3.8, 4) is 0 Å². The van der Waals surface area contributed by atoms with Gasteiger partial charge in [0.15, 0.2) is 0 Å². The van der Waals surface area contributed by atoms with Crippen LogP contribution < -0.4 is 4.90 Å². The number of hydrogen-bond acceptors (Lipinski definition) is 8. The number of nitrogens with zero attached hydrogens (tertiary/aromatic N) is 5. The van der Waals surface area contributed by atoms with Gasteiger partial charge in [0.2, 0.25) is 10.0 Å². The fraction of sp³-hybridized carbons (Fsp3) is 0.667. The van der Waals surface area contributed by atoms with Crippen LogP contribution in [-0.4, -0.2) is 100 Å². The maximum atomic E-state index is 12.9. The average molecular weight is 492 g/mol. The number of rotatable bonds is 8. The highest BCUT2D eigenvalue weighted by Gasteiger charge is 2.34. The molecule has 1 aromatic carbocycles. The summed E-state index contributed by atoms with van der Waals surface area (Å²) in [5.41, 5.74) is -0.0461. The van der Waals surface area contributed by atoms with Crippen LogP contribution in [0.25, 0.3) is 0 Å². The van der Waals surface area contributed by atoms with Gasteiger partial charge in [-0.3, -0.25) is 10.1 Å². The van der Waals surface area contributed by atoms with E-state index in [1.54, 1.807) is 18.7 Å². The molecule has 14 heteroatoms. The van der Waals surface area contributed by atoms with Crippen LogP contribution in [0.15, 0.2) is 23.1 Å². The second-order valence-corrected chi connectivity index (χ2v) is 11.3. The zero-order valence-corrected chi connectivity index (χ0v) is 19.8. The van der Waals surface area contributed by atoms with Crippen LogP contribution in [0.4, 0.5) is 11.4 Å². The number of hydrogen-bond donors (Lipinski definition) is 0. The Morgan fingerprint density at radius 2 is 1.56 bits per heavy atom. The lowest BCUT2D eigenvalue weighted by molar-refractivity contribution is -0.384. The Bertz CT molecular complexity index is 1030. The first-order valence-corrected chi connectivity index (χ1v) is 13.3. The molecule has 2 fully saturated rings. The minimum absolute atomic E-state index is 0.141. The zero-order chi connectivity index (χ0) is 23.5. The van der Waals surface area contributed by atoms with E-state index >= 15 is 0 Å². The van der Waals surface area contributed by atoms with E-state index in [1.165, 1.54) is 25.0 Å². The normalized spacial score (nSPS) is 19.4. The minimum Gasteiger partial charge on any atom is -0.379 e. The van der Waals surface area contributed by atoms with Gasteiger partial charge in [-0.05, 0) is 12.1 Å². The predicted molar refractivity (Wildman–Crippen MR) is 118 cm³/mol. The van der Waals surface area contributed by atoms with Crippen LogP contribution in [0.5, 0.6) is 0 Å². The van der Waals surface area contributed by atoms with Crippen molar-refractivity contribution in [1.29, 1.82) is 0 Å². The van der Waals surface area contributed by atoms with Crippen LogP contribution >= 0.6 is 0 Å². The van der Waals surface area contributed by atoms with Gasteiger partial charge < -0.3 is 9.64 Å². The highest BCUT2D eigenvalue weighted by Crippen LogP contribution is 2.33. The smallest absolute Gasteiger partial charge is 0.293 e. The molecule has 2 heterocycles. The SMILES string of the molecule is CCN(CC)S(=O)(=O)N1CCN(c2ccc(S(=O)(=O)N3CCOCC3)cc2[N+](=O)[O-])CC1. The van der Waals surface area contributed by atoms with Gasteiger partial charge in [-0.15, -0.1) is 0 Å². The summed E-state index contributed by atoms with van der Waals surface area (Å²) in [6, 6.07) is 3.88. The van der Waals surface area contributed by atoms with Crippen molar-refractivity contribution >= 4 is 31.6 Å². The molecule has 0 saturated carbocycles. The zero-order valence-electron chi connectivity index (χ0n) is 18.2. The van der Waals surface area contributed by atoms with Crippen molar-refractivity contribution in [2.75, 3.05) is 70.5 Å². The van der Waals surface area contributed by atoms with Gasteiger partial charge in [0, 0.05) is 58.4 Å². The van der Waals surface area contributed by atoms with E-state index in [4.69, 9.17) is 4.74 Å². The molecule has 0 bridgehead atoms. The van der Waals surface area contributed by atoms with Gasteiger partial charge in [-0.2, -0.15) is 21.3 Å². The third-order valence-corrected chi connectivity index (χ3v) is 9.77. The summed E-state index contributed by atoms with van der Waals surface area (Å²) >= 11 is 0. The van der Waals surface area contributed by atoms with Gasteiger partial charge >= 0.3 is 0 Å². The number of piperazine rings is 1. The molecule has 0 atom stereocenters. The molecule has 180 valence electrons. The summed E-state index contributed by atoms with van der Waals surface area (Å²) in [5, 5.41) is 11.7. The molecule has 0 N–H and O–H groups in total. The number of anilines is 1. The fourth-order valence-corrected chi connectivity index (χ4v) is 6.92. The molecule has 2 aliphatic rings. The van der Waals surface area contributed by atoms with Crippen molar-refractivity contribution in [1.82, 2.24) is 12.9 Å². The lowest BCUT2D eigenvalue weighted by atomic mass is 10.2. The summed E-state index contributed by atoms with van der Waals surface area (Å²) in [4.78, 5) is 12.7. The molecule has 3 rings (SSSR count). The summed E-state index contributed by atoms with van der Waals surface area (Å²) in [5.74, 6) is 0. The maximum Gasteiger partial charge on any atom is 0.293 e. The topological polar surface area (TPSA) is 134 Å². The Hall–Kier alpha value is -1.84. The van der Waals surface area contributed by atoms with Crippen LogP contribution in [0.3, 0.4) is 0 Å². The molecule has 0 aliphatic carbocycles. The van der Waals surface area contributed by atoms with Crippen LogP contribution in [0.1, 0.15) is 13.8 Å². The third-order valence-electron chi connectivity index (χ3n) is 5.69. The van der Waals surface area contributed by atoms with E-state index < -0.39 is 25.2 Å². The molecule has 0 radical (unpaired) electrons.